The number of benzene rings is 2. The maximum Gasteiger partial charge on any atom is 0.305 e. The second-order valence-electron chi connectivity index (χ2n) is 6.06. The Morgan fingerprint density at radius 3 is 2.24 bits per heavy atom. The van der Waals surface area contributed by atoms with Crippen molar-refractivity contribution in [3.05, 3.63) is 48.5 Å². The summed E-state index contributed by atoms with van der Waals surface area (Å²) in [6, 6.07) is 16.4. The van der Waals surface area contributed by atoms with E-state index in [9.17, 15) is 4.79 Å². The number of hydrogen-bond acceptors (Lipinski definition) is 4. The molecular formula is C21H24N2O2. The van der Waals surface area contributed by atoms with Crippen LogP contribution in [0.2, 0.25) is 0 Å². The van der Waals surface area contributed by atoms with Crippen molar-refractivity contribution in [2.75, 3.05) is 18.5 Å². The molecule has 0 unspecified atom stereocenters. The summed E-state index contributed by atoms with van der Waals surface area (Å²) < 4.78 is 4.95. The molecule has 0 fully saturated rings. The zero-order chi connectivity index (χ0) is 17.5. The number of unbranched alkanes of at least 4 members (excludes halogenated alkanes) is 2. The van der Waals surface area contributed by atoms with Crippen molar-refractivity contribution >= 4 is 33.5 Å². The molecule has 2 aromatic carbocycles. The van der Waals surface area contributed by atoms with E-state index in [4.69, 9.17) is 9.72 Å². The van der Waals surface area contributed by atoms with Gasteiger partial charge < -0.3 is 10.1 Å². The highest BCUT2D eigenvalue weighted by Crippen LogP contribution is 2.30. The fourth-order valence-electron chi connectivity index (χ4n) is 3.05. The van der Waals surface area contributed by atoms with Crippen LogP contribution >= 0.6 is 0 Å². The molecule has 0 aliphatic carbocycles. The van der Waals surface area contributed by atoms with Crippen LogP contribution < -0.4 is 5.32 Å². The first-order chi connectivity index (χ1) is 12.3. The molecule has 4 nitrogen and oxygen atoms in total. The largest absolute Gasteiger partial charge is 0.466 e. The van der Waals surface area contributed by atoms with Crippen LogP contribution in [0.4, 0.5) is 5.69 Å². The Bertz CT molecular complexity index is 807. The molecule has 1 heterocycles. The zero-order valence-electron chi connectivity index (χ0n) is 14.6. The van der Waals surface area contributed by atoms with E-state index in [1.165, 1.54) is 0 Å². The van der Waals surface area contributed by atoms with Gasteiger partial charge in [-0.15, -0.1) is 0 Å². The standard InChI is InChI=1S/C21H24N2O2/c1-2-25-20(24)14-4-3-9-15-22-21-16-10-5-7-12-18(16)23-19-13-8-6-11-17(19)21/h5-8,10-13H,2-4,9,14-15H2,1H3,(H,22,23). The number of nitrogens with zero attached hydrogens (tertiary/aromatic N) is 1. The highest BCUT2D eigenvalue weighted by Gasteiger charge is 2.08. The lowest BCUT2D eigenvalue weighted by Crippen LogP contribution is -2.05. The van der Waals surface area contributed by atoms with Gasteiger partial charge in [-0.1, -0.05) is 42.8 Å². The molecule has 0 aliphatic heterocycles. The molecule has 3 rings (SSSR count). The van der Waals surface area contributed by atoms with E-state index in [-0.39, 0.29) is 5.97 Å². The van der Waals surface area contributed by atoms with Gasteiger partial charge in [0.25, 0.3) is 0 Å². The van der Waals surface area contributed by atoms with Gasteiger partial charge in [0, 0.05) is 23.7 Å². The van der Waals surface area contributed by atoms with Gasteiger partial charge in [-0.2, -0.15) is 0 Å². The molecule has 0 spiro atoms. The van der Waals surface area contributed by atoms with Gasteiger partial charge >= 0.3 is 5.97 Å². The SMILES string of the molecule is CCOC(=O)CCCCCNc1c2ccccc2nc2ccccc12. The Hall–Kier alpha value is -2.62. The summed E-state index contributed by atoms with van der Waals surface area (Å²) in [7, 11) is 0. The van der Waals surface area contributed by atoms with E-state index in [2.05, 4.69) is 17.4 Å². The Morgan fingerprint density at radius 1 is 0.960 bits per heavy atom. The fraction of sp³-hybridized carbons (Fsp3) is 0.333. The number of ether oxygens (including phenoxy) is 1. The van der Waals surface area contributed by atoms with Crippen LogP contribution in [-0.2, 0) is 9.53 Å². The number of anilines is 1. The maximum absolute atomic E-state index is 11.3. The molecule has 0 radical (unpaired) electrons. The Labute approximate surface area is 148 Å². The maximum atomic E-state index is 11.3. The molecule has 0 saturated heterocycles. The van der Waals surface area contributed by atoms with E-state index in [1.807, 2.05) is 43.3 Å². The number of hydrogen-bond donors (Lipinski definition) is 1. The third-order valence-electron chi connectivity index (χ3n) is 4.25. The van der Waals surface area contributed by atoms with Crippen molar-refractivity contribution < 1.29 is 9.53 Å². The molecule has 0 amide bonds. The molecule has 1 N–H and O–H groups in total. The second kappa shape index (κ2) is 8.47. The van der Waals surface area contributed by atoms with E-state index in [0.29, 0.717) is 13.0 Å². The van der Waals surface area contributed by atoms with Gasteiger partial charge in [0.1, 0.15) is 0 Å². The van der Waals surface area contributed by atoms with Crippen molar-refractivity contribution in [2.24, 2.45) is 0 Å². The Balaban J connectivity index is 1.65. The van der Waals surface area contributed by atoms with Crippen LogP contribution in [0, 0.1) is 0 Å². The van der Waals surface area contributed by atoms with Crippen LogP contribution in [0.25, 0.3) is 21.8 Å². The predicted octanol–water partition coefficient (Wildman–Crippen LogP) is 4.92. The molecule has 4 heteroatoms. The van der Waals surface area contributed by atoms with E-state index < -0.39 is 0 Å². The van der Waals surface area contributed by atoms with Crippen molar-refractivity contribution in [3.8, 4) is 0 Å². The van der Waals surface area contributed by atoms with Gasteiger partial charge in [-0.25, -0.2) is 4.98 Å². The first-order valence-electron chi connectivity index (χ1n) is 8.96. The number of fused-ring (bicyclic) bond motifs is 2. The summed E-state index contributed by atoms with van der Waals surface area (Å²) in [5.74, 6) is -0.0958. The molecule has 0 saturated carbocycles. The minimum Gasteiger partial charge on any atom is -0.466 e. The molecule has 130 valence electrons. The first kappa shape index (κ1) is 17.2. The van der Waals surface area contributed by atoms with Gasteiger partial charge in [0.15, 0.2) is 0 Å². The Kier molecular flexibility index (Phi) is 5.83. The summed E-state index contributed by atoms with van der Waals surface area (Å²) in [6.07, 6.45) is 3.41. The number of esters is 1. The summed E-state index contributed by atoms with van der Waals surface area (Å²) in [5, 5.41) is 5.88. The topological polar surface area (TPSA) is 51.2 Å². The van der Waals surface area contributed by atoms with Crippen LogP contribution in [-0.4, -0.2) is 24.1 Å². The monoisotopic (exact) mass is 336 g/mol. The number of nitrogens with one attached hydrogen (secondary N) is 1. The molecule has 0 atom stereocenters. The van der Waals surface area contributed by atoms with Crippen molar-refractivity contribution in [3.63, 3.8) is 0 Å². The summed E-state index contributed by atoms with van der Waals surface area (Å²) in [4.78, 5) is 16.1. The van der Waals surface area contributed by atoms with Gasteiger partial charge in [0.2, 0.25) is 0 Å². The van der Waals surface area contributed by atoms with Crippen molar-refractivity contribution in [1.82, 2.24) is 4.98 Å². The summed E-state index contributed by atoms with van der Waals surface area (Å²) in [5.41, 5.74) is 3.16. The number of carbonyl (C=O) groups is 1. The van der Waals surface area contributed by atoms with E-state index in [0.717, 1.165) is 53.3 Å². The first-order valence-corrected chi connectivity index (χ1v) is 8.96. The molecule has 25 heavy (non-hydrogen) atoms. The molecule has 3 aromatic rings. The number of pyridine rings is 1. The van der Waals surface area contributed by atoms with E-state index >= 15 is 0 Å². The Morgan fingerprint density at radius 2 is 1.60 bits per heavy atom. The third kappa shape index (κ3) is 4.27. The smallest absolute Gasteiger partial charge is 0.305 e. The number of carbonyl (C=O) groups excluding carboxylic acids is 1. The lowest BCUT2D eigenvalue weighted by Gasteiger charge is -2.13. The zero-order valence-corrected chi connectivity index (χ0v) is 14.6. The lowest BCUT2D eigenvalue weighted by molar-refractivity contribution is -0.143. The average Bonchev–Trinajstić information content (AvgIpc) is 2.64. The minimum atomic E-state index is -0.0958. The molecule has 0 bridgehead atoms. The van der Waals surface area contributed by atoms with Gasteiger partial charge in [-0.3, -0.25) is 4.79 Å². The molecular weight excluding hydrogens is 312 g/mol. The molecule has 1 aromatic heterocycles. The van der Waals surface area contributed by atoms with Crippen molar-refractivity contribution in [2.45, 2.75) is 32.6 Å². The second-order valence-corrected chi connectivity index (χ2v) is 6.06. The third-order valence-corrected chi connectivity index (χ3v) is 4.25. The lowest BCUT2D eigenvalue weighted by atomic mass is 10.1. The van der Waals surface area contributed by atoms with Crippen LogP contribution in [0.3, 0.4) is 0 Å². The predicted molar refractivity (Wildman–Crippen MR) is 103 cm³/mol. The van der Waals surface area contributed by atoms with E-state index in [1.54, 1.807) is 0 Å². The highest BCUT2D eigenvalue weighted by molar-refractivity contribution is 6.07. The van der Waals surface area contributed by atoms with Crippen LogP contribution in [0.1, 0.15) is 32.6 Å². The quantitative estimate of drug-likeness (QED) is 0.360. The van der Waals surface area contributed by atoms with Crippen LogP contribution in [0.15, 0.2) is 48.5 Å². The average molecular weight is 336 g/mol. The van der Waals surface area contributed by atoms with Gasteiger partial charge in [-0.05, 0) is 31.9 Å². The summed E-state index contributed by atoms with van der Waals surface area (Å²) in [6.45, 7) is 3.18. The minimum absolute atomic E-state index is 0.0958. The van der Waals surface area contributed by atoms with Crippen LogP contribution in [0.5, 0.6) is 0 Å². The fourth-order valence-corrected chi connectivity index (χ4v) is 3.05. The number of rotatable bonds is 8. The molecule has 0 aliphatic rings. The number of aromatic nitrogens is 1. The number of para-hydroxylation sites is 2. The normalized spacial score (nSPS) is 10.9. The van der Waals surface area contributed by atoms with Gasteiger partial charge in [0.05, 0.1) is 23.3 Å². The highest BCUT2D eigenvalue weighted by atomic mass is 16.5. The van der Waals surface area contributed by atoms with Crippen molar-refractivity contribution in [1.29, 1.82) is 0 Å². The summed E-state index contributed by atoms with van der Waals surface area (Å²) >= 11 is 0.